The van der Waals surface area contributed by atoms with Crippen LogP contribution in [0.1, 0.15) is 15.9 Å². The maximum absolute atomic E-state index is 14.3. The van der Waals surface area contributed by atoms with Gasteiger partial charge in [-0.1, -0.05) is 36.4 Å². The predicted molar refractivity (Wildman–Crippen MR) is 105 cm³/mol. The van der Waals surface area contributed by atoms with Gasteiger partial charge in [-0.3, -0.25) is 25.0 Å². The molecular formula is C20H10F3N3O7. The Hall–Kier alpha value is -4.55. The van der Waals surface area contributed by atoms with E-state index in [-0.39, 0.29) is 11.1 Å². The molecule has 3 aromatic rings. The maximum atomic E-state index is 14.3. The Morgan fingerprint density at radius 2 is 1.58 bits per heavy atom. The molecule has 0 radical (unpaired) electrons. The summed E-state index contributed by atoms with van der Waals surface area (Å²) < 4.78 is 47.5. The third-order valence-electron chi connectivity index (χ3n) is 5.07. The molecule has 1 atom stereocenters. The highest BCUT2D eigenvalue weighted by molar-refractivity contribution is 6.14. The van der Waals surface area contributed by atoms with Crippen LogP contribution in [0.5, 0.6) is 0 Å². The Morgan fingerprint density at radius 3 is 2.15 bits per heavy atom. The molecule has 0 spiro atoms. The van der Waals surface area contributed by atoms with Crippen molar-refractivity contribution in [1.82, 2.24) is 0 Å². The molecule has 4 rings (SSSR count). The summed E-state index contributed by atoms with van der Waals surface area (Å²) >= 11 is 0. The number of alkyl halides is 3. The van der Waals surface area contributed by atoms with Gasteiger partial charge in [0.1, 0.15) is 0 Å². The number of ether oxygens (including phenoxy) is 1. The quantitative estimate of drug-likeness (QED) is 0.348. The number of non-ortho nitro benzene ring substituents is 2. The molecular weight excluding hydrogens is 451 g/mol. The number of nitro benzene ring substituents is 2. The number of halogens is 3. The number of hydrogen-bond donors (Lipinski definition) is 1. The van der Waals surface area contributed by atoms with Crippen LogP contribution in [-0.4, -0.2) is 27.9 Å². The second-order valence-electron chi connectivity index (χ2n) is 6.98. The summed E-state index contributed by atoms with van der Waals surface area (Å²) in [6.07, 6.45) is -5.44. The van der Waals surface area contributed by atoms with Crippen LogP contribution in [0.15, 0.2) is 54.6 Å². The zero-order valence-electron chi connectivity index (χ0n) is 16.1. The summed E-state index contributed by atoms with van der Waals surface area (Å²) in [5.41, 5.74) is -7.41. The van der Waals surface area contributed by atoms with Gasteiger partial charge in [-0.2, -0.15) is 13.2 Å². The first-order valence-electron chi connectivity index (χ1n) is 9.03. The molecule has 13 heteroatoms. The van der Waals surface area contributed by atoms with E-state index in [2.05, 4.69) is 10.1 Å². The SMILES string of the molecule is O=C(O[C@]1(C(F)(F)F)C(=O)Nc2c1ccc1ccccc21)c1cc([N+](=O)[O-])cc([N+](=O)[O-])c1. The van der Waals surface area contributed by atoms with E-state index in [0.717, 1.165) is 6.07 Å². The molecule has 0 saturated carbocycles. The number of hydrogen-bond acceptors (Lipinski definition) is 7. The zero-order valence-corrected chi connectivity index (χ0v) is 16.1. The topological polar surface area (TPSA) is 142 Å². The molecule has 3 aromatic carbocycles. The molecule has 0 bridgehead atoms. The summed E-state index contributed by atoms with van der Waals surface area (Å²) in [5, 5.41) is 25.0. The number of carbonyl (C=O) groups excluding carboxylic acids is 2. The van der Waals surface area contributed by atoms with Crippen LogP contribution in [-0.2, 0) is 15.1 Å². The molecule has 0 fully saturated rings. The standard InChI is InChI=1S/C20H10F3N3O7/c21-20(22,23)19(15-6-5-10-3-1-2-4-14(10)16(15)24-18(19)28)33-17(27)11-7-12(25(29)30)9-13(8-11)26(31)32/h1-9H,(H,24,28)/t19-/m0/s1. The fraction of sp³-hybridized carbons (Fsp3) is 0.100. The minimum atomic E-state index is -5.44. The highest BCUT2D eigenvalue weighted by Crippen LogP contribution is 2.51. The Kier molecular flexibility index (Phi) is 4.76. The van der Waals surface area contributed by atoms with Crippen molar-refractivity contribution in [3.63, 3.8) is 0 Å². The van der Waals surface area contributed by atoms with Crippen molar-refractivity contribution < 1.29 is 37.3 Å². The van der Waals surface area contributed by atoms with Crippen LogP contribution >= 0.6 is 0 Å². The van der Waals surface area contributed by atoms with Gasteiger partial charge in [0.05, 0.1) is 27.2 Å². The molecule has 1 aliphatic rings. The number of esters is 1. The van der Waals surface area contributed by atoms with Gasteiger partial charge in [0.25, 0.3) is 17.3 Å². The second-order valence-corrected chi connectivity index (χ2v) is 6.98. The monoisotopic (exact) mass is 461 g/mol. The van der Waals surface area contributed by atoms with Crippen molar-refractivity contribution >= 4 is 39.7 Å². The number of benzene rings is 3. The van der Waals surface area contributed by atoms with E-state index in [4.69, 9.17) is 0 Å². The first kappa shape index (κ1) is 21.7. The lowest BCUT2D eigenvalue weighted by atomic mass is 9.92. The summed E-state index contributed by atoms with van der Waals surface area (Å²) in [6, 6.07) is 10.1. The number of fused-ring (bicyclic) bond motifs is 3. The lowest BCUT2D eigenvalue weighted by Gasteiger charge is -2.29. The van der Waals surface area contributed by atoms with Crippen molar-refractivity contribution in [2.24, 2.45) is 0 Å². The summed E-state index contributed by atoms with van der Waals surface area (Å²) in [4.78, 5) is 45.3. The number of nitro groups is 2. The summed E-state index contributed by atoms with van der Waals surface area (Å²) in [5.74, 6) is -3.51. The molecule has 0 saturated heterocycles. The first-order valence-corrected chi connectivity index (χ1v) is 9.03. The van der Waals surface area contributed by atoms with Gasteiger partial charge in [0.2, 0.25) is 0 Å². The number of nitrogens with one attached hydrogen (secondary N) is 1. The van der Waals surface area contributed by atoms with Gasteiger partial charge >= 0.3 is 17.7 Å². The normalized spacial score (nSPS) is 17.4. The molecule has 168 valence electrons. The largest absolute Gasteiger partial charge is 0.442 e. The van der Waals surface area contributed by atoms with Crippen LogP contribution in [0.25, 0.3) is 10.8 Å². The van der Waals surface area contributed by atoms with Crippen LogP contribution in [0.2, 0.25) is 0 Å². The molecule has 0 aliphatic carbocycles. The number of rotatable bonds is 4. The van der Waals surface area contributed by atoms with E-state index >= 15 is 0 Å². The fourth-order valence-corrected chi connectivity index (χ4v) is 3.59. The predicted octanol–water partition coefficient (Wildman–Crippen LogP) is 4.22. The Labute approximate surface area is 180 Å². The summed E-state index contributed by atoms with van der Waals surface area (Å²) in [7, 11) is 0. The number of anilines is 1. The smallest absolute Gasteiger partial charge is 0.430 e. The molecule has 0 aromatic heterocycles. The van der Waals surface area contributed by atoms with E-state index < -0.39 is 56.0 Å². The third-order valence-corrected chi connectivity index (χ3v) is 5.07. The van der Waals surface area contributed by atoms with Gasteiger partial charge in [-0.25, -0.2) is 4.79 Å². The lowest BCUT2D eigenvalue weighted by Crippen LogP contribution is -2.51. The molecule has 33 heavy (non-hydrogen) atoms. The zero-order chi connectivity index (χ0) is 24.1. The highest BCUT2D eigenvalue weighted by Gasteiger charge is 2.69. The average Bonchev–Trinajstić information content (AvgIpc) is 3.06. The van der Waals surface area contributed by atoms with E-state index in [1.54, 1.807) is 12.1 Å². The van der Waals surface area contributed by atoms with Gasteiger partial charge < -0.3 is 10.1 Å². The van der Waals surface area contributed by atoms with Crippen molar-refractivity contribution in [3.8, 4) is 0 Å². The number of amides is 1. The van der Waals surface area contributed by atoms with Crippen LogP contribution in [0.3, 0.4) is 0 Å². The number of carbonyl (C=O) groups is 2. The Balaban J connectivity index is 1.88. The van der Waals surface area contributed by atoms with E-state index in [1.807, 2.05) is 0 Å². The Morgan fingerprint density at radius 1 is 0.970 bits per heavy atom. The van der Waals surface area contributed by atoms with E-state index in [0.29, 0.717) is 23.6 Å². The Bertz CT molecular complexity index is 1340. The molecule has 1 aliphatic heterocycles. The van der Waals surface area contributed by atoms with E-state index in [9.17, 15) is 43.0 Å². The maximum Gasteiger partial charge on any atom is 0.442 e. The first-order chi connectivity index (χ1) is 15.5. The van der Waals surface area contributed by atoms with Crippen LogP contribution in [0.4, 0.5) is 30.2 Å². The fourth-order valence-electron chi connectivity index (χ4n) is 3.59. The summed E-state index contributed by atoms with van der Waals surface area (Å²) in [6.45, 7) is 0. The molecule has 0 unspecified atom stereocenters. The van der Waals surface area contributed by atoms with Crippen molar-refractivity contribution in [3.05, 3.63) is 86.0 Å². The molecule has 10 nitrogen and oxygen atoms in total. The van der Waals surface area contributed by atoms with Crippen molar-refractivity contribution in [2.75, 3.05) is 5.32 Å². The molecule has 1 amide bonds. The minimum absolute atomic E-state index is 0.215. The van der Waals surface area contributed by atoms with E-state index in [1.165, 1.54) is 18.2 Å². The van der Waals surface area contributed by atoms with Gasteiger partial charge in [0, 0.05) is 23.1 Å². The lowest BCUT2D eigenvalue weighted by molar-refractivity contribution is -0.394. The van der Waals surface area contributed by atoms with Crippen molar-refractivity contribution in [1.29, 1.82) is 0 Å². The second kappa shape index (κ2) is 7.25. The molecule has 1 heterocycles. The average molecular weight is 461 g/mol. The van der Waals surface area contributed by atoms with Gasteiger partial charge in [0.15, 0.2) is 0 Å². The number of nitrogens with zero attached hydrogens (tertiary/aromatic N) is 2. The molecule has 1 N–H and O–H groups in total. The van der Waals surface area contributed by atoms with Crippen LogP contribution in [0, 0.1) is 20.2 Å². The van der Waals surface area contributed by atoms with Gasteiger partial charge in [-0.15, -0.1) is 0 Å². The minimum Gasteiger partial charge on any atom is -0.430 e. The highest BCUT2D eigenvalue weighted by atomic mass is 19.4. The third kappa shape index (κ3) is 3.30. The van der Waals surface area contributed by atoms with Gasteiger partial charge in [-0.05, 0) is 5.39 Å². The van der Waals surface area contributed by atoms with Crippen LogP contribution < -0.4 is 5.32 Å². The van der Waals surface area contributed by atoms with Crippen molar-refractivity contribution in [2.45, 2.75) is 11.8 Å².